The second-order valence-electron chi connectivity index (χ2n) is 5.35. The molecular weight excluding hydrogens is 288 g/mol. The Morgan fingerprint density at radius 1 is 1.09 bits per heavy atom. The average Bonchev–Trinajstić information content (AvgIpc) is 3.00. The van der Waals surface area contributed by atoms with E-state index in [1.54, 1.807) is 23.1 Å². The first-order chi connectivity index (χ1) is 10.6. The van der Waals surface area contributed by atoms with Gasteiger partial charge in [0.2, 0.25) is 6.79 Å². The van der Waals surface area contributed by atoms with E-state index in [0.717, 1.165) is 0 Å². The molecule has 7 nitrogen and oxygen atoms in total. The Bertz CT molecular complexity index is 581. The number of carboxylic acid groups (broad SMARTS) is 1. The molecule has 1 aromatic carbocycles. The molecule has 0 atom stereocenters. The zero-order valence-electron chi connectivity index (χ0n) is 12.2. The van der Waals surface area contributed by atoms with E-state index >= 15 is 0 Å². The minimum atomic E-state index is -0.793. The number of piperazine rings is 1. The van der Waals surface area contributed by atoms with Gasteiger partial charge in [0.05, 0.1) is 6.42 Å². The molecule has 1 amide bonds. The molecule has 22 heavy (non-hydrogen) atoms. The first kappa shape index (κ1) is 14.6. The number of ether oxygens (including phenoxy) is 2. The Kier molecular flexibility index (Phi) is 4.15. The number of rotatable bonds is 4. The summed E-state index contributed by atoms with van der Waals surface area (Å²) in [6.45, 7) is 3.32. The highest BCUT2D eigenvalue weighted by Crippen LogP contribution is 2.32. The highest BCUT2D eigenvalue weighted by molar-refractivity contribution is 5.95. The van der Waals surface area contributed by atoms with Gasteiger partial charge in [-0.1, -0.05) is 0 Å². The van der Waals surface area contributed by atoms with Gasteiger partial charge < -0.3 is 19.5 Å². The number of carbonyl (C=O) groups excluding carboxylic acids is 1. The number of benzene rings is 1. The van der Waals surface area contributed by atoms with E-state index in [4.69, 9.17) is 14.6 Å². The van der Waals surface area contributed by atoms with Crippen LogP contribution in [0.25, 0.3) is 0 Å². The molecule has 0 saturated carbocycles. The van der Waals surface area contributed by atoms with Crippen molar-refractivity contribution in [1.29, 1.82) is 0 Å². The summed E-state index contributed by atoms with van der Waals surface area (Å²) >= 11 is 0. The predicted molar refractivity (Wildman–Crippen MR) is 77.2 cm³/mol. The maximum atomic E-state index is 12.5. The Morgan fingerprint density at radius 3 is 2.55 bits per heavy atom. The molecule has 3 rings (SSSR count). The van der Waals surface area contributed by atoms with Gasteiger partial charge in [-0.05, 0) is 18.2 Å². The predicted octanol–water partition coefficient (Wildman–Crippen LogP) is 0.648. The van der Waals surface area contributed by atoms with Crippen LogP contribution in [0, 0.1) is 0 Å². The summed E-state index contributed by atoms with van der Waals surface area (Å²) in [4.78, 5) is 26.9. The standard InChI is InChI=1S/C15H18N2O5/c18-14(19)3-4-16-5-7-17(8-6-16)15(20)11-1-2-12-13(9-11)22-10-21-12/h1-2,9H,3-8,10H2,(H,18,19). The second-order valence-corrected chi connectivity index (χ2v) is 5.35. The van der Waals surface area contributed by atoms with Crippen LogP contribution in [0.1, 0.15) is 16.8 Å². The lowest BCUT2D eigenvalue weighted by molar-refractivity contribution is -0.137. The van der Waals surface area contributed by atoms with Crippen LogP contribution in [-0.2, 0) is 4.79 Å². The van der Waals surface area contributed by atoms with E-state index < -0.39 is 5.97 Å². The summed E-state index contributed by atoms with van der Waals surface area (Å²) in [5, 5.41) is 8.70. The van der Waals surface area contributed by atoms with Crippen molar-refractivity contribution in [2.45, 2.75) is 6.42 Å². The number of carboxylic acids is 1. The molecule has 1 saturated heterocycles. The Balaban J connectivity index is 1.57. The van der Waals surface area contributed by atoms with Gasteiger partial charge in [-0.25, -0.2) is 0 Å². The Labute approximate surface area is 128 Å². The number of amides is 1. The number of fused-ring (bicyclic) bond motifs is 1. The van der Waals surface area contributed by atoms with Crippen LogP contribution in [0.5, 0.6) is 11.5 Å². The van der Waals surface area contributed by atoms with Crippen molar-refractivity contribution in [3.8, 4) is 11.5 Å². The van der Waals surface area contributed by atoms with Gasteiger partial charge in [0.15, 0.2) is 11.5 Å². The largest absolute Gasteiger partial charge is 0.481 e. The molecule has 2 aliphatic rings. The van der Waals surface area contributed by atoms with Crippen molar-refractivity contribution >= 4 is 11.9 Å². The molecule has 0 radical (unpaired) electrons. The number of nitrogens with zero attached hydrogens (tertiary/aromatic N) is 2. The molecule has 0 unspecified atom stereocenters. The number of hydrogen-bond donors (Lipinski definition) is 1. The van der Waals surface area contributed by atoms with Crippen molar-refractivity contribution in [2.75, 3.05) is 39.5 Å². The van der Waals surface area contributed by atoms with E-state index in [9.17, 15) is 9.59 Å². The van der Waals surface area contributed by atoms with Crippen LogP contribution >= 0.6 is 0 Å². The fraction of sp³-hybridized carbons (Fsp3) is 0.467. The third-order valence-corrected chi connectivity index (χ3v) is 3.92. The monoisotopic (exact) mass is 306 g/mol. The van der Waals surface area contributed by atoms with Crippen LogP contribution in [-0.4, -0.2) is 66.3 Å². The number of carbonyl (C=O) groups is 2. The quantitative estimate of drug-likeness (QED) is 0.880. The smallest absolute Gasteiger partial charge is 0.304 e. The van der Waals surface area contributed by atoms with Crippen molar-refractivity contribution in [1.82, 2.24) is 9.80 Å². The van der Waals surface area contributed by atoms with Gasteiger partial charge in [0, 0.05) is 38.3 Å². The zero-order valence-corrected chi connectivity index (χ0v) is 12.2. The van der Waals surface area contributed by atoms with Gasteiger partial charge >= 0.3 is 5.97 Å². The van der Waals surface area contributed by atoms with Crippen molar-refractivity contribution < 1.29 is 24.2 Å². The average molecular weight is 306 g/mol. The SMILES string of the molecule is O=C(O)CCN1CCN(C(=O)c2ccc3c(c2)OCO3)CC1. The molecule has 0 spiro atoms. The first-order valence-electron chi connectivity index (χ1n) is 7.26. The Hall–Kier alpha value is -2.28. The molecule has 0 aliphatic carbocycles. The lowest BCUT2D eigenvalue weighted by Gasteiger charge is -2.34. The summed E-state index contributed by atoms with van der Waals surface area (Å²) < 4.78 is 10.5. The van der Waals surface area contributed by atoms with Crippen molar-refractivity contribution in [3.05, 3.63) is 23.8 Å². The fourth-order valence-electron chi connectivity index (χ4n) is 2.64. The van der Waals surface area contributed by atoms with Crippen LogP contribution in [0.4, 0.5) is 0 Å². The molecule has 0 aromatic heterocycles. The minimum Gasteiger partial charge on any atom is -0.481 e. The van der Waals surface area contributed by atoms with E-state index in [-0.39, 0.29) is 19.1 Å². The van der Waals surface area contributed by atoms with E-state index in [0.29, 0.717) is 49.8 Å². The van der Waals surface area contributed by atoms with Crippen LogP contribution in [0.2, 0.25) is 0 Å². The van der Waals surface area contributed by atoms with Crippen LogP contribution < -0.4 is 9.47 Å². The molecule has 118 valence electrons. The zero-order chi connectivity index (χ0) is 15.5. The molecule has 2 heterocycles. The van der Waals surface area contributed by atoms with Gasteiger partial charge in [0.1, 0.15) is 0 Å². The van der Waals surface area contributed by atoms with E-state index in [1.165, 1.54) is 0 Å². The maximum Gasteiger partial charge on any atom is 0.304 e. The molecule has 7 heteroatoms. The molecular formula is C15H18N2O5. The number of aliphatic carboxylic acids is 1. The van der Waals surface area contributed by atoms with Crippen LogP contribution in [0.3, 0.4) is 0 Å². The summed E-state index contributed by atoms with van der Waals surface area (Å²) in [5.74, 6) is 0.441. The van der Waals surface area contributed by atoms with Crippen LogP contribution in [0.15, 0.2) is 18.2 Å². The summed E-state index contributed by atoms with van der Waals surface area (Å²) in [6, 6.07) is 5.20. The van der Waals surface area contributed by atoms with Gasteiger partial charge in [-0.2, -0.15) is 0 Å². The molecule has 1 aromatic rings. The van der Waals surface area contributed by atoms with Gasteiger partial charge in [-0.15, -0.1) is 0 Å². The summed E-state index contributed by atoms with van der Waals surface area (Å²) in [6.07, 6.45) is 0.135. The molecule has 2 aliphatic heterocycles. The van der Waals surface area contributed by atoms with Gasteiger partial charge in [0.25, 0.3) is 5.91 Å². The molecule has 1 N–H and O–H groups in total. The normalized spacial score (nSPS) is 17.5. The third-order valence-electron chi connectivity index (χ3n) is 3.92. The summed E-state index contributed by atoms with van der Waals surface area (Å²) in [5.41, 5.74) is 0.586. The highest BCUT2D eigenvalue weighted by Gasteiger charge is 2.24. The minimum absolute atomic E-state index is 0.0313. The van der Waals surface area contributed by atoms with Crippen molar-refractivity contribution in [3.63, 3.8) is 0 Å². The second kappa shape index (κ2) is 6.23. The van der Waals surface area contributed by atoms with Gasteiger partial charge in [-0.3, -0.25) is 14.5 Å². The lowest BCUT2D eigenvalue weighted by Crippen LogP contribution is -2.49. The van der Waals surface area contributed by atoms with E-state index in [2.05, 4.69) is 4.90 Å². The number of hydrogen-bond acceptors (Lipinski definition) is 5. The Morgan fingerprint density at radius 2 is 1.82 bits per heavy atom. The highest BCUT2D eigenvalue weighted by atomic mass is 16.7. The van der Waals surface area contributed by atoms with Crippen molar-refractivity contribution in [2.24, 2.45) is 0 Å². The molecule has 1 fully saturated rings. The maximum absolute atomic E-state index is 12.5. The summed E-state index contributed by atoms with van der Waals surface area (Å²) in [7, 11) is 0. The lowest BCUT2D eigenvalue weighted by atomic mass is 10.1. The third kappa shape index (κ3) is 3.14. The molecule has 0 bridgehead atoms. The topological polar surface area (TPSA) is 79.3 Å². The van der Waals surface area contributed by atoms with E-state index in [1.807, 2.05) is 0 Å². The first-order valence-corrected chi connectivity index (χ1v) is 7.26. The fourth-order valence-corrected chi connectivity index (χ4v) is 2.64.